The molecule has 0 atom stereocenters. The molecule has 0 aliphatic rings. The molecule has 1 heterocycles. The quantitative estimate of drug-likeness (QED) is 0.483. The lowest BCUT2D eigenvalue weighted by Crippen LogP contribution is -2.06. The second kappa shape index (κ2) is 5.88. The number of hydrogen-bond donors (Lipinski definition) is 0. The van der Waals surface area contributed by atoms with Gasteiger partial charge in [0.05, 0.1) is 22.8 Å². The van der Waals surface area contributed by atoms with Crippen LogP contribution in [0.2, 0.25) is 5.15 Å². The topological polar surface area (TPSA) is 65.3 Å². The summed E-state index contributed by atoms with van der Waals surface area (Å²) in [6.45, 7) is 3.81. The Kier molecular flexibility index (Phi) is 4.20. The van der Waals surface area contributed by atoms with Crippen molar-refractivity contribution in [1.29, 1.82) is 0 Å². The zero-order valence-electron chi connectivity index (χ0n) is 11.0. The summed E-state index contributed by atoms with van der Waals surface area (Å²) in [5.74, 6) is 0.617. The fourth-order valence-corrected chi connectivity index (χ4v) is 1.96. The molecule has 1 aromatic carbocycles. The Hall–Kier alpha value is -2.14. The SMILES string of the molecule is CC(C)Oc1ccccc1-c1cc([N+](=O)[O-])cc(Cl)n1. The van der Waals surface area contributed by atoms with Gasteiger partial charge in [-0.1, -0.05) is 23.7 Å². The Morgan fingerprint density at radius 2 is 2.00 bits per heavy atom. The monoisotopic (exact) mass is 292 g/mol. The summed E-state index contributed by atoms with van der Waals surface area (Å²) in [6, 6.07) is 9.84. The zero-order chi connectivity index (χ0) is 14.7. The van der Waals surface area contributed by atoms with Crippen molar-refractivity contribution in [3.63, 3.8) is 0 Å². The highest BCUT2D eigenvalue weighted by Crippen LogP contribution is 2.32. The molecule has 104 valence electrons. The molecule has 0 N–H and O–H groups in total. The Labute approximate surface area is 121 Å². The van der Waals surface area contributed by atoms with E-state index >= 15 is 0 Å². The van der Waals surface area contributed by atoms with Crippen LogP contribution in [0.1, 0.15) is 13.8 Å². The minimum absolute atomic E-state index is 0.00896. The smallest absolute Gasteiger partial charge is 0.274 e. The average molecular weight is 293 g/mol. The van der Waals surface area contributed by atoms with Gasteiger partial charge < -0.3 is 4.74 Å². The fourth-order valence-electron chi connectivity index (χ4n) is 1.76. The summed E-state index contributed by atoms with van der Waals surface area (Å²) in [7, 11) is 0. The summed E-state index contributed by atoms with van der Waals surface area (Å²) in [5, 5.41) is 11.0. The summed E-state index contributed by atoms with van der Waals surface area (Å²) < 4.78 is 5.69. The first-order valence-corrected chi connectivity index (χ1v) is 6.43. The maximum Gasteiger partial charge on any atom is 0.274 e. The number of nitro groups is 1. The maximum absolute atomic E-state index is 10.9. The highest BCUT2D eigenvalue weighted by molar-refractivity contribution is 6.29. The summed E-state index contributed by atoms with van der Waals surface area (Å²) >= 11 is 5.85. The number of halogens is 1. The molecule has 0 saturated heterocycles. The number of nitrogens with zero attached hydrogens (tertiary/aromatic N) is 2. The van der Waals surface area contributed by atoms with Gasteiger partial charge in [-0.25, -0.2) is 4.98 Å². The van der Waals surface area contributed by atoms with Gasteiger partial charge in [0.1, 0.15) is 10.9 Å². The Bertz CT molecular complexity index is 644. The van der Waals surface area contributed by atoms with Gasteiger partial charge in [0.15, 0.2) is 0 Å². The number of benzene rings is 1. The van der Waals surface area contributed by atoms with Crippen molar-refractivity contribution >= 4 is 17.3 Å². The van der Waals surface area contributed by atoms with Gasteiger partial charge in [-0.15, -0.1) is 0 Å². The number of pyridine rings is 1. The molecule has 20 heavy (non-hydrogen) atoms. The van der Waals surface area contributed by atoms with Gasteiger partial charge in [-0.3, -0.25) is 10.1 Å². The molecule has 0 fully saturated rings. The van der Waals surface area contributed by atoms with Crippen molar-refractivity contribution < 1.29 is 9.66 Å². The number of para-hydroxylation sites is 1. The molecule has 6 heteroatoms. The van der Waals surface area contributed by atoms with E-state index in [0.29, 0.717) is 17.0 Å². The summed E-state index contributed by atoms with van der Waals surface area (Å²) in [6.07, 6.45) is -0.00896. The molecule has 0 spiro atoms. The first-order valence-electron chi connectivity index (χ1n) is 6.05. The fraction of sp³-hybridized carbons (Fsp3) is 0.214. The van der Waals surface area contributed by atoms with Crippen LogP contribution >= 0.6 is 11.6 Å². The highest BCUT2D eigenvalue weighted by Gasteiger charge is 2.15. The molecule has 0 amide bonds. The predicted octanol–water partition coefficient (Wildman–Crippen LogP) is 4.10. The molecule has 5 nitrogen and oxygen atoms in total. The zero-order valence-corrected chi connectivity index (χ0v) is 11.8. The van der Waals surface area contributed by atoms with E-state index in [0.717, 1.165) is 0 Å². The van der Waals surface area contributed by atoms with Crippen LogP contribution in [0.15, 0.2) is 36.4 Å². The molecular weight excluding hydrogens is 280 g/mol. The maximum atomic E-state index is 10.9. The van der Waals surface area contributed by atoms with Gasteiger partial charge in [0, 0.05) is 11.6 Å². The van der Waals surface area contributed by atoms with Crippen LogP contribution in [0.3, 0.4) is 0 Å². The summed E-state index contributed by atoms with van der Waals surface area (Å²) in [4.78, 5) is 14.5. The Morgan fingerprint density at radius 1 is 1.30 bits per heavy atom. The lowest BCUT2D eigenvalue weighted by molar-refractivity contribution is -0.384. The largest absolute Gasteiger partial charge is 0.490 e. The van der Waals surface area contributed by atoms with Crippen LogP contribution in [0.5, 0.6) is 5.75 Å². The molecule has 0 bridgehead atoms. The van der Waals surface area contributed by atoms with Crippen molar-refractivity contribution in [1.82, 2.24) is 4.98 Å². The normalized spacial score (nSPS) is 10.6. The van der Waals surface area contributed by atoms with E-state index in [1.165, 1.54) is 12.1 Å². The van der Waals surface area contributed by atoms with E-state index in [4.69, 9.17) is 16.3 Å². The molecule has 2 rings (SSSR count). The third-order valence-electron chi connectivity index (χ3n) is 2.52. The molecule has 0 radical (unpaired) electrons. The second-order valence-corrected chi connectivity index (χ2v) is 4.84. The Morgan fingerprint density at radius 3 is 2.65 bits per heavy atom. The van der Waals surface area contributed by atoms with Crippen molar-refractivity contribution in [3.05, 3.63) is 51.7 Å². The molecule has 0 saturated carbocycles. The number of rotatable bonds is 4. The lowest BCUT2D eigenvalue weighted by Gasteiger charge is -2.13. The molecule has 1 aromatic heterocycles. The van der Waals surface area contributed by atoms with E-state index in [2.05, 4.69) is 4.98 Å². The molecule has 0 aliphatic carbocycles. The van der Waals surface area contributed by atoms with E-state index in [9.17, 15) is 10.1 Å². The van der Waals surface area contributed by atoms with Crippen LogP contribution < -0.4 is 4.74 Å². The van der Waals surface area contributed by atoms with Crippen LogP contribution in [0.4, 0.5) is 5.69 Å². The molecule has 0 aliphatic heterocycles. The standard InChI is InChI=1S/C14H13ClN2O3/c1-9(2)20-13-6-4-3-5-11(13)12-7-10(17(18)19)8-14(15)16-12/h3-9H,1-2H3. The highest BCUT2D eigenvalue weighted by atomic mass is 35.5. The van der Waals surface area contributed by atoms with E-state index in [1.807, 2.05) is 26.0 Å². The lowest BCUT2D eigenvalue weighted by atomic mass is 10.1. The third-order valence-corrected chi connectivity index (χ3v) is 2.71. The molecular formula is C14H13ClN2O3. The van der Waals surface area contributed by atoms with E-state index in [-0.39, 0.29) is 16.9 Å². The van der Waals surface area contributed by atoms with Gasteiger partial charge in [0.25, 0.3) is 5.69 Å². The summed E-state index contributed by atoms with van der Waals surface area (Å²) in [5.41, 5.74) is 0.992. The number of aromatic nitrogens is 1. The van der Waals surface area contributed by atoms with Crippen LogP contribution in [0.25, 0.3) is 11.3 Å². The third kappa shape index (κ3) is 3.24. The van der Waals surface area contributed by atoms with Crippen molar-refractivity contribution in [2.45, 2.75) is 20.0 Å². The number of hydrogen-bond acceptors (Lipinski definition) is 4. The minimum atomic E-state index is -0.497. The minimum Gasteiger partial charge on any atom is -0.490 e. The molecule has 2 aromatic rings. The van der Waals surface area contributed by atoms with Gasteiger partial charge in [-0.2, -0.15) is 0 Å². The van der Waals surface area contributed by atoms with Gasteiger partial charge >= 0.3 is 0 Å². The van der Waals surface area contributed by atoms with Crippen molar-refractivity contribution in [2.75, 3.05) is 0 Å². The first kappa shape index (κ1) is 14.3. The predicted molar refractivity (Wildman–Crippen MR) is 77.1 cm³/mol. The van der Waals surface area contributed by atoms with Crippen LogP contribution in [-0.4, -0.2) is 16.0 Å². The Balaban J connectivity index is 2.53. The second-order valence-electron chi connectivity index (χ2n) is 4.45. The van der Waals surface area contributed by atoms with Crippen LogP contribution in [0, 0.1) is 10.1 Å². The molecule has 0 unspecified atom stereocenters. The van der Waals surface area contributed by atoms with Crippen LogP contribution in [-0.2, 0) is 0 Å². The van der Waals surface area contributed by atoms with E-state index < -0.39 is 4.92 Å². The van der Waals surface area contributed by atoms with Crippen molar-refractivity contribution in [3.8, 4) is 17.0 Å². The van der Waals surface area contributed by atoms with Crippen molar-refractivity contribution in [2.24, 2.45) is 0 Å². The first-order chi connectivity index (χ1) is 9.47. The van der Waals surface area contributed by atoms with Gasteiger partial charge in [-0.05, 0) is 26.0 Å². The van der Waals surface area contributed by atoms with Gasteiger partial charge in [0.2, 0.25) is 0 Å². The average Bonchev–Trinajstić information content (AvgIpc) is 2.37. The number of ether oxygens (including phenoxy) is 1. The van der Waals surface area contributed by atoms with E-state index in [1.54, 1.807) is 12.1 Å².